The number of hydrogen-bond donors (Lipinski definition) is 0. The summed E-state index contributed by atoms with van der Waals surface area (Å²) in [4.78, 5) is 7.50. The number of fused-ring (bicyclic) bond motifs is 3. The van der Waals surface area contributed by atoms with Crippen LogP contribution in [0.3, 0.4) is 0 Å². The molecule has 5 nitrogen and oxygen atoms in total. The predicted octanol–water partition coefficient (Wildman–Crippen LogP) is 2.77. The molecule has 140 valence electrons. The van der Waals surface area contributed by atoms with Crippen molar-refractivity contribution < 1.29 is 9.31 Å². The van der Waals surface area contributed by atoms with Gasteiger partial charge in [-0.25, -0.2) is 4.98 Å². The topological polar surface area (TPSA) is 39.5 Å². The quantitative estimate of drug-likeness (QED) is 0.777. The number of hydrogen-bond acceptors (Lipinski definition) is 4. The zero-order valence-electron chi connectivity index (χ0n) is 16.9. The van der Waals surface area contributed by atoms with Crippen molar-refractivity contribution in [2.45, 2.75) is 65.2 Å². The van der Waals surface area contributed by atoms with Gasteiger partial charge in [-0.2, -0.15) is 0 Å². The van der Waals surface area contributed by atoms with E-state index in [2.05, 4.69) is 69.2 Å². The van der Waals surface area contributed by atoms with Crippen molar-refractivity contribution in [3.05, 3.63) is 24.0 Å². The summed E-state index contributed by atoms with van der Waals surface area (Å²) in [6.45, 7) is 17.1. The first-order valence-corrected chi connectivity index (χ1v) is 9.80. The lowest BCUT2D eigenvalue weighted by molar-refractivity contribution is 0.00578. The SMILES string of the molecule is CCN1CCn2c(nc3cc(B4OC(C)(C)C(C)(C)O4)ccc32)C(C)C1. The molecule has 0 bridgehead atoms. The van der Waals surface area contributed by atoms with E-state index in [0.717, 1.165) is 37.2 Å². The fourth-order valence-corrected chi connectivity index (χ4v) is 3.99. The Labute approximate surface area is 156 Å². The minimum Gasteiger partial charge on any atom is -0.399 e. The number of nitrogens with zero attached hydrogens (tertiary/aromatic N) is 3. The fourth-order valence-electron chi connectivity index (χ4n) is 3.99. The molecule has 2 aliphatic heterocycles. The standard InChI is InChI=1S/C20H30BN3O2/c1-7-23-10-11-24-17-9-8-15(12-16(17)22-18(24)14(2)13-23)21-25-19(3,4)20(5,6)26-21/h8-9,12,14H,7,10-11,13H2,1-6H3. The molecule has 1 aromatic carbocycles. The van der Waals surface area contributed by atoms with Gasteiger partial charge in [0.05, 0.1) is 22.2 Å². The highest BCUT2D eigenvalue weighted by Gasteiger charge is 2.51. The van der Waals surface area contributed by atoms with E-state index in [1.54, 1.807) is 0 Å². The van der Waals surface area contributed by atoms with Crippen molar-refractivity contribution in [1.29, 1.82) is 0 Å². The fraction of sp³-hybridized carbons (Fsp3) is 0.650. The Balaban J connectivity index is 1.69. The van der Waals surface area contributed by atoms with Crippen molar-refractivity contribution >= 4 is 23.6 Å². The van der Waals surface area contributed by atoms with E-state index in [-0.39, 0.29) is 18.3 Å². The van der Waals surface area contributed by atoms with Gasteiger partial charge in [0.1, 0.15) is 5.82 Å². The Kier molecular flexibility index (Phi) is 4.21. The number of aromatic nitrogens is 2. The van der Waals surface area contributed by atoms with Gasteiger partial charge in [-0.05, 0) is 51.8 Å². The average molecular weight is 355 g/mol. The zero-order valence-corrected chi connectivity index (χ0v) is 16.9. The second-order valence-corrected chi connectivity index (χ2v) is 8.75. The maximum Gasteiger partial charge on any atom is 0.494 e. The molecular formula is C20H30BN3O2. The van der Waals surface area contributed by atoms with Crippen molar-refractivity contribution in [1.82, 2.24) is 14.5 Å². The molecule has 2 aromatic rings. The third kappa shape index (κ3) is 2.79. The molecule has 1 fully saturated rings. The predicted molar refractivity (Wildman–Crippen MR) is 106 cm³/mol. The zero-order chi connectivity index (χ0) is 18.7. The van der Waals surface area contributed by atoms with Crippen LogP contribution < -0.4 is 5.46 Å². The summed E-state index contributed by atoms with van der Waals surface area (Å²) in [5.41, 5.74) is 2.66. The number of imidazole rings is 1. The van der Waals surface area contributed by atoms with Gasteiger partial charge >= 0.3 is 7.12 Å². The van der Waals surface area contributed by atoms with Gasteiger partial charge in [0.2, 0.25) is 0 Å². The first-order chi connectivity index (χ1) is 12.2. The van der Waals surface area contributed by atoms with Crippen LogP contribution in [0.25, 0.3) is 11.0 Å². The second-order valence-electron chi connectivity index (χ2n) is 8.75. The highest BCUT2D eigenvalue weighted by molar-refractivity contribution is 6.62. The van der Waals surface area contributed by atoms with E-state index in [1.807, 2.05) is 0 Å². The molecule has 3 heterocycles. The first kappa shape index (κ1) is 18.0. The van der Waals surface area contributed by atoms with Crippen LogP contribution in [0.2, 0.25) is 0 Å². The molecule has 1 aromatic heterocycles. The van der Waals surface area contributed by atoms with Crippen LogP contribution in [0.4, 0.5) is 0 Å². The summed E-state index contributed by atoms with van der Waals surface area (Å²) in [6, 6.07) is 6.45. The lowest BCUT2D eigenvalue weighted by Gasteiger charge is -2.32. The Morgan fingerprint density at radius 3 is 2.50 bits per heavy atom. The van der Waals surface area contributed by atoms with Crippen molar-refractivity contribution in [2.75, 3.05) is 19.6 Å². The maximum atomic E-state index is 6.21. The van der Waals surface area contributed by atoms with Gasteiger partial charge < -0.3 is 18.8 Å². The van der Waals surface area contributed by atoms with E-state index < -0.39 is 0 Å². The van der Waals surface area contributed by atoms with Crippen LogP contribution in [0.15, 0.2) is 18.2 Å². The van der Waals surface area contributed by atoms with Crippen molar-refractivity contribution in [3.63, 3.8) is 0 Å². The van der Waals surface area contributed by atoms with Crippen LogP contribution >= 0.6 is 0 Å². The molecule has 0 amide bonds. The highest BCUT2D eigenvalue weighted by atomic mass is 16.7. The third-order valence-corrected chi connectivity index (χ3v) is 6.39. The summed E-state index contributed by atoms with van der Waals surface area (Å²) in [6.07, 6.45) is 0. The van der Waals surface area contributed by atoms with Gasteiger partial charge in [0.15, 0.2) is 0 Å². The average Bonchev–Trinajstić information content (AvgIpc) is 2.98. The molecule has 2 aliphatic rings. The molecule has 4 rings (SSSR count). The van der Waals surface area contributed by atoms with Crippen LogP contribution in [0.1, 0.15) is 53.3 Å². The van der Waals surface area contributed by atoms with Crippen LogP contribution in [-0.4, -0.2) is 52.4 Å². The van der Waals surface area contributed by atoms with E-state index in [9.17, 15) is 0 Å². The number of rotatable bonds is 2. The summed E-state index contributed by atoms with van der Waals surface area (Å²) in [5, 5.41) is 0. The van der Waals surface area contributed by atoms with E-state index in [1.165, 1.54) is 11.3 Å². The van der Waals surface area contributed by atoms with Crippen molar-refractivity contribution in [2.24, 2.45) is 0 Å². The molecule has 1 unspecified atom stereocenters. The van der Waals surface area contributed by atoms with Crippen molar-refractivity contribution in [3.8, 4) is 0 Å². The summed E-state index contributed by atoms with van der Waals surface area (Å²) < 4.78 is 14.8. The lowest BCUT2D eigenvalue weighted by atomic mass is 9.79. The highest BCUT2D eigenvalue weighted by Crippen LogP contribution is 2.36. The molecule has 1 atom stereocenters. The van der Waals surface area contributed by atoms with Gasteiger partial charge in [0, 0.05) is 25.6 Å². The summed E-state index contributed by atoms with van der Waals surface area (Å²) >= 11 is 0. The summed E-state index contributed by atoms with van der Waals surface area (Å²) in [5.74, 6) is 1.63. The van der Waals surface area contributed by atoms with E-state index in [4.69, 9.17) is 14.3 Å². The molecule has 0 saturated carbocycles. The van der Waals surface area contributed by atoms with Gasteiger partial charge in [0.25, 0.3) is 0 Å². The normalized spacial score (nSPS) is 25.5. The molecule has 0 N–H and O–H groups in total. The molecule has 0 radical (unpaired) electrons. The van der Waals surface area contributed by atoms with Crippen LogP contribution in [0.5, 0.6) is 0 Å². The minimum absolute atomic E-state index is 0.323. The molecule has 1 saturated heterocycles. The minimum atomic E-state index is -0.334. The Morgan fingerprint density at radius 1 is 1.15 bits per heavy atom. The van der Waals surface area contributed by atoms with Gasteiger partial charge in [-0.1, -0.05) is 19.9 Å². The number of likely N-dealkylation sites (N-methyl/N-ethyl adjacent to an activating group) is 1. The van der Waals surface area contributed by atoms with E-state index in [0.29, 0.717) is 5.92 Å². The third-order valence-electron chi connectivity index (χ3n) is 6.39. The number of benzene rings is 1. The Hall–Kier alpha value is -1.37. The molecule has 6 heteroatoms. The largest absolute Gasteiger partial charge is 0.494 e. The molecule has 26 heavy (non-hydrogen) atoms. The molecule has 0 aliphatic carbocycles. The summed E-state index contributed by atoms with van der Waals surface area (Å²) in [7, 11) is -0.334. The van der Waals surface area contributed by atoms with E-state index >= 15 is 0 Å². The van der Waals surface area contributed by atoms with Gasteiger partial charge in [-0.3, -0.25) is 0 Å². The molecular weight excluding hydrogens is 325 g/mol. The Morgan fingerprint density at radius 2 is 1.85 bits per heavy atom. The Bertz CT molecular complexity index is 814. The lowest BCUT2D eigenvalue weighted by Crippen LogP contribution is -2.41. The second kappa shape index (κ2) is 6.08. The van der Waals surface area contributed by atoms with Crippen LogP contribution in [0, 0.1) is 0 Å². The molecule has 0 spiro atoms. The smallest absolute Gasteiger partial charge is 0.399 e. The van der Waals surface area contributed by atoms with Crippen LogP contribution in [-0.2, 0) is 15.9 Å². The van der Waals surface area contributed by atoms with Gasteiger partial charge in [-0.15, -0.1) is 0 Å². The first-order valence-electron chi connectivity index (χ1n) is 9.80. The maximum absolute atomic E-state index is 6.21. The monoisotopic (exact) mass is 355 g/mol.